The van der Waals surface area contributed by atoms with Crippen LogP contribution in [0.4, 0.5) is 5.69 Å². The summed E-state index contributed by atoms with van der Waals surface area (Å²) < 4.78 is 5.64. The summed E-state index contributed by atoms with van der Waals surface area (Å²) in [4.78, 5) is 22.5. The highest BCUT2D eigenvalue weighted by molar-refractivity contribution is 5.94. The van der Waals surface area contributed by atoms with E-state index < -0.39 is 4.92 Å². The van der Waals surface area contributed by atoms with Crippen molar-refractivity contribution < 1.29 is 14.1 Å². The molecule has 0 fully saturated rings. The number of hydrogen-bond acceptors (Lipinski definition) is 5. The Balaban J connectivity index is 1.62. The van der Waals surface area contributed by atoms with E-state index in [4.69, 9.17) is 4.42 Å². The molecule has 0 saturated carbocycles. The van der Waals surface area contributed by atoms with Crippen LogP contribution in [0.15, 0.2) is 70.2 Å². The average Bonchev–Trinajstić information content (AvgIpc) is 3.16. The molecule has 0 aliphatic rings. The Labute approximate surface area is 168 Å². The standard InChI is InChI=1S/C22H21N3O4/c1-22(2,3)17-8-4-16(5-9-17)21(26)24-23-14-19-12-13-20(29-19)15-6-10-18(11-7-15)25(27)28/h4-14H,1-3H3,(H,24,26)/b23-14+. The minimum Gasteiger partial charge on any atom is -0.455 e. The third-order valence-corrected chi connectivity index (χ3v) is 4.36. The van der Waals surface area contributed by atoms with Crippen LogP contribution in [0.2, 0.25) is 0 Å². The Morgan fingerprint density at radius 2 is 1.69 bits per heavy atom. The molecule has 1 amide bonds. The smallest absolute Gasteiger partial charge is 0.271 e. The maximum absolute atomic E-state index is 12.2. The van der Waals surface area contributed by atoms with Crippen molar-refractivity contribution in [3.63, 3.8) is 0 Å². The summed E-state index contributed by atoms with van der Waals surface area (Å²) in [5.41, 5.74) is 4.87. The Morgan fingerprint density at radius 3 is 2.28 bits per heavy atom. The fraction of sp³-hybridized carbons (Fsp3) is 0.182. The van der Waals surface area contributed by atoms with Gasteiger partial charge < -0.3 is 4.42 Å². The molecule has 3 aromatic rings. The normalized spacial score (nSPS) is 11.6. The fourth-order valence-corrected chi connectivity index (χ4v) is 2.67. The molecule has 7 heteroatoms. The van der Waals surface area contributed by atoms with E-state index in [9.17, 15) is 14.9 Å². The molecule has 1 heterocycles. The first-order chi connectivity index (χ1) is 13.7. The van der Waals surface area contributed by atoms with E-state index >= 15 is 0 Å². The Hall–Kier alpha value is -3.74. The quantitative estimate of drug-likeness (QED) is 0.379. The zero-order valence-electron chi connectivity index (χ0n) is 16.4. The van der Waals surface area contributed by atoms with Gasteiger partial charge in [-0.25, -0.2) is 5.43 Å². The third-order valence-electron chi connectivity index (χ3n) is 4.36. The van der Waals surface area contributed by atoms with E-state index in [0.29, 0.717) is 22.6 Å². The van der Waals surface area contributed by atoms with Crippen LogP contribution in [-0.4, -0.2) is 17.0 Å². The molecule has 2 aromatic carbocycles. The summed E-state index contributed by atoms with van der Waals surface area (Å²) in [5, 5.41) is 14.6. The molecule has 0 aliphatic heterocycles. The van der Waals surface area contributed by atoms with Crippen molar-refractivity contribution in [2.75, 3.05) is 0 Å². The molecule has 1 N–H and O–H groups in total. The number of hydrazone groups is 1. The first kappa shape index (κ1) is 20.0. The lowest BCUT2D eigenvalue weighted by Crippen LogP contribution is -2.18. The van der Waals surface area contributed by atoms with Gasteiger partial charge in [0, 0.05) is 23.3 Å². The topological polar surface area (TPSA) is 97.7 Å². The predicted octanol–water partition coefficient (Wildman–Crippen LogP) is 4.92. The van der Waals surface area contributed by atoms with Crippen molar-refractivity contribution in [2.45, 2.75) is 26.2 Å². The van der Waals surface area contributed by atoms with Crippen LogP contribution in [-0.2, 0) is 5.41 Å². The van der Waals surface area contributed by atoms with Crippen molar-refractivity contribution >= 4 is 17.8 Å². The number of furan rings is 1. The first-order valence-electron chi connectivity index (χ1n) is 9.03. The van der Waals surface area contributed by atoms with Crippen LogP contribution in [0.3, 0.4) is 0 Å². The lowest BCUT2D eigenvalue weighted by Gasteiger charge is -2.18. The van der Waals surface area contributed by atoms with Gasteiger partial charge in [0.2, 0.25) is 0 Å². The van der Waals surface area contributed by atoms with E-state index in [1.54, 1.807) is 36.4 Å². The van der Waals surface area contributed by atoms with Gasteiger partial charge in [-0.15, -0.1) is 0 Å². The summed E-state index contributed by atoms with van der Waals surface area (Å²) in [6, 6.07) is 16.9. The molecule has 0 atom stereocenters. The maximum atomic E-state index is 12.2. The second-order valence-electron chi connectivity index (χ2n) is 7.53. The van der Waals surface area contributed by atoms with Crippen LogP contribution < -0.4 is 5.43 Å². The van der Waals surface area contributed by atoms with Gasteiger partial charge in [0.05, 0.1) is 11.1 Å². The molecule has 1 aromatic heterocycles. The summed E-state index contributed by atoms with van der Waals surface area (Å²) in [6.07, 6.45) is 1.40. The second kappa shape index (κ2) is 8.10. The van der Waals surface area contributed by atoms with Crippen LogP contribution in [0.1, 0.15) is 42.5 Å². The number of carbonyl (C=O) groups excluding carboxylic acids is 1. The number of nitrogens with one attached hydrogen (secondary N) is 1. The minimum atomic E-state index is -0.455. The number of carbonyl (C=O) groups is 1. The molecule has 0 unspecified atom stereocenters. The molecule has 3 rings (SSSR count). The van der Waals surface area contributed by atoms with Crippen LogP contribution in [0.5, 0.6) is 0 Å². The zero-order chi connectivity index (χ0) is 21.0. The van der Waals surface area contributed by atoms with Crippen LogP contribution >= 0.6 is 0 Å². The van der Waals surface area contributed by atoms with Crippen molar-refractivity contribution in [3.8, 4) is 11.3 Å². The summed E-state index contributed by atoms with van der Waals surface area (Å²) in [5.74, 6) is 0.677. The monoisotopic (exact) mass is 391 g/mol. The molecule has 0 bridgehead atoms. The molecule has 0 saturated heterocycles. The Bertz CT molecular complexity index is 1040. The number of nitro benzene ring substituents is 1. The molecule has 29 heavy (non-hydrogen) atoms. The Kier molecular flexibility index (Phi) is 5.59. The number of benzene rings is 2. The van der Waals surface area contributed by atoms with Gasteiger partial charge >= 0.3 is 0 Å². The van der Waals surface area contributed by atoms with E-state index in [2.05, 4.69) is 31.3 Å². The van der Waals surface area contributed by atoms with Gasteiger partial charge in [0.15, 0.2) is 0 Å². The Morgan fingerprint density at radius 1 is 1.03 bits per heavy atom. The minimum absolute atomic E-state index is 0.0142. The van der Waals surface area contributed by atoms with Gasteiger partial charge in [-0.05, 0) is 47.4 Å². The van der Waals surface area contributed by atoms with Gasteiger partial charge in [-0.2, -0.15) is 5.10 Å². The van der Waals surface area contributed by atoms with Crippen molar-refractivity contribution in [1.82, 2.24) is 5.43 Å². The average molecular weight is 391 g/mol. The molecule has 7 nitrogen and oxygen atoms in total. The second-order valence-corrected chi connectivity index (χ2v) is 7.53. The van der Waals surface area contributed by atoms with Crippen molar-refractivity contribution in [1.29, 1.82) is 0 Å². The molecule has 0 radical (unpaired) electrons. The molecule has 0 aliphatic carbocycles. The van der Waals surface area contributed by atoms with E-state index in [-0.39, 0.29) is 17.0 Å². The largest absolute Gasteiger partial charge is 0.455 e. The van der Waals surface area contributed by atoms with Crippen LogP contribution in [0, 0.1) is 10.1 Å². The van der Waals surface area contributed by atoms with Crippen molar-refractivity contribution in [2.24, 2.45) is 5.10 Å². The highest BCUT2D eigenvalue weighted by Gasteiger charge is 2.14. The first-order valence-corrected chi connectivity index (χ1v) is 9.03. The predicted molar refractivity (Wildman–Crippen MR) is 111 cm³/mol. The molecule has 148 valence electrons. The lowest BCUT2D eigenvalue weighted by atomic mass is 9.87. The number of hydrogen-bond donors (Lipinski definition) is 1. The van der Waals surface area contributed by atoms with E-state index in [1.165, 1.54) is 18.3 Å². The highest BCUT2D eigenvalue weighted by Crippen LogP contribution is 2.24. The van der Waals surface area contributed by atoms with Gasteiger partial charge in [-0.3, -0.25) is 14.9 Å². The number of amides is 1. The highest BCUT2D eigenvalue weighted by atomic mass is 16.6. The number of nitrogens with zero attached hydrogens (tertiary/aromatic N) is 2. The number of non-ortho nitro benzene ring substituents is 1. The third kappa shape index (κ3) is 4.95. The summed E-state index contributed by atoms with van der Waals surface area (Å²) in [7, 11) is 0. The number of nitro groups is 1. The van der Waals surface area contributed by atoms with E-state index in [1.807, 2.05) is 12.1 Å². The SMILES string of the molecule is CC(C)(C)c1ccc(C(=O)N/N=C/c2ccc(-c3ccc([N+](=O)[O-])cc3)o2)cc1. The maximum Gasteiger partial charge on any atom is 0.271 e. The van der Waals surface area contributed by atoms with Gasteiger partial charge in [0.25, 0.3) is 11.6 Å². The van der Waals surface area contributed by atoms with E-state index in [0.717, 1.165) is 5.56 Å². The fourth-order valence-electron chi connectivity index (χ4n) is 2.67. The van der Waals surface area contributed by atoms with Gasteiger partial charge in [0.1, 0.15) is 11.5 Å². The summed E-state index contributed by atoms with van der Waals surface area (Å²) >= 11 is 0. The number of rotatable bonds is 5. The molecular formula is C22H21N3O4. The lowest BCUT2D eigenvalue weighted by molar-refractivity contribution is -0.384. The van der Waals surface area contributed by atoms with Crippen molar-refractivity contribution in [3.05, 3.63) is 87.7 Å². The van der Waals surface area contributed by atoms with Gasteiger partial charge in [-0.1, -0.05) is 32.9 Å². The molecule has 0 spiro atoms. The molecular weight excluding hydrogens is 370 g/mol. The van der Waals surface area contributed by atoms with Crippen LogP contribution in [0.25, 0.3) is 11.3 Å². The summed E-state index contributed by atoms with van der Waals surface area (Å²) in [6.45, 7) is 6.34. The zero-order valence-corrected chi connectivity index (χ0v) is 16.4.